The fraction of sp³-hybridized carbons (Fsp3) is 0.345. The van der Waals surface area contributed by atoms with E-state index in [2.05, 4.69) is 14.8 Å². The third kappa shape index (κ3) is 4.90. The lowest BCUT2D eigenvalue weighted by molar-refractivity contribution is -0.123. The van der Waals surface area contributed by atoms with Crippen LogP contribution >= 0.6 is 11.3 Å². The summed E-state index contributed by atoms with van der Waals surface area (Å²) in [5.74, 6) is 0.393. The van der Waals surface area contributed by atoms with Crippen molar-refractivity contribution in [1.29, 1.82) is 0 Å². The quantitative estimate of drug-likeness (QED) is 0.366. The van der Waals surface area contributed by atoms with E-state index in [1.807, 2.05) is 67.6 Å². The van der Waals surface area contributed by atoms with Crippen LogP contribution < -0.4 is 9.64 Å². The highest BCUT2D eigenvalue weighted by Crippen LogP contribution is 2.32. The Bertz CT molecular complexity index is 1490. The van der Waals surface area contributed by atoms with Gasteiger partial charge < -0.3 is 9.84 Å². The molecule has 2 aliphatic rings. The molecule has 2 saturated heterocycles. The lowest BCUT2D eigenvalue weighted by Crippen LogP contribution is -2.54. The zero-order chi connectivity index (χ0) is 26.2. The predicted octanol–water partition coefficient (Wildman–Crippen LogP) is 3.45. The fourth-order valence-corrected chi connectivity index (χ4v) is 6.28. The van der Waals surface area contributed by atoms with Crippen molar-refractivity contribution in [3.05, 3.63) is 65.7 Å². The molecule has 1 N–H and O–H groups in total. The van der Waals surface area contributed by atoms with E-state index in [-0.39, 0.29) is 24.8 Å². The third-order valence-electron chi connectivity index (χ3n) is 7.36. The molecule has 3 heterocycles. The Balaban J connectivity index is 1.02. The molecule has 38 heavy (non-hydrogen) atoms. The van der Waals surface area contributed by atoms with Crippen LogP contribution in [0.2, 0.25) is 0 Å². The third-order valence-corrected chi connectivity index (χ3v) is 8.31. The van der Waals surface area contributed by atoms with E-state index in [0.717, 1.165) is 26.0 Å². The number of carbonyl (C=O) groups excluding carboxylic acids is 2. The number of aromatic nitrogens is 1. The summed E-state index contributed by atoms with van der Waals surface area (Å²) in [4.78, 5) is 36.5. The number of nitrogens with zero attached hydrogens (tertiary/aromatic N) is 4. The number of aryl methyl sites for hydroxylation is 1. The van der Waals surface area contributed by atoms with E-state index >= 15 is 0 Å². The number of β-amino-alcohol motifs (C(OH)–C–C–N with tert-alkyl or cyclic N) is 1. The van der Waals surface area contributed by atoms with Gasteiger partial charge in [0.1, 0.15) is 18.5 Å². The van der Waals surface area contributed by atoms with E-state index in [1.54, 1.807) is 11.3 Å². The molecule has 2 aliphatic heterocycles. The maximum Gasteiger partial charge on any atom is 0.251 e. The summed E-state index contributed by atoms with van der Waals surface area (Å²) in [5.41, 5.74) is 1.57. The molecule has 8 nitrogen and oxygen atoms in total. The Morgan fingerprint density at radius 1 is 1.05 bits per heavy atom. The van der Waals surface area contributed by atoms with E-state index < -0.39 is 12.1 Å². The van der Waals surface area contributed by atoms with Crippen molar-refractivity contribution in [2.24, 2.45) is 0 Å². The van der Waals surface area contributed by atoms with Gasteiger partial charge in [0.2, 0.25) is 5.91 Å². The van der Waals surface area contributed by atoms with Crippen LogP contribution in [0.5, 0.6) is 5.75 Å². The first kappa shape index (κ1) is 24.9. The lowest BCUT2D eigenvalue weighted by atomic mass is 10.1. The van der Waals surface area contributed by atoms with Gasteiger partial charge >= 0.3 is 0 Å². The van der Waals surface area contributed by atoms with Gasteiger partial charge in [-0.3, -0.25) is 19.4 Å². The minimum absolute atomic E-state index is 0.152. The number of fused-ring (bicyclic) bond motifs is 2. The number of piperazine rings is 1. The molecule has 2 atom stereocenters. The highest BCUT2D eigenvalue weighted by Gasteiger charge is 2.43. The van der Waals surface area contributed by atoms with Crippen molar-refractivity contribution in [3.8, 4) is 5.75 Å². The Hall–Kier alpha value is -3.37. The smallest absolute Gasteiger partial charge is 0.251 e. The van der Waals surface area contributed by atoms with Gasteiger partial charge in [0.25, 0.3) is 5.91 Å². The molecule has 9 heteroatoms. The normalized spacial score (nSPS) is 20.1. The van der Waals surface area contributed by atoms with Crippen molar-refractivity contribution in [3.63, 3.8) is 0 Å². The summed E-state index contributed by atoms with van der Waals surface area (Å²) in [6, 6.07) is 18.9. The molecule has 1 aromatic heterocycles. The summed E-state index contributed by atoms with van der Waals surface area (Å²) >= 11 is 1.65. The highest BCUT2D eigenvalue weighted by molar-refractivity contribution is 7.18. The molecule has 196 valence electrons. The highest BCUT2D eigenvalue weighted by atomic mass is 32.1. The number of rotatable bonds is 7. The van der Waals surface area contributed by atoms with Gasteiger partial charge in [-0.1, -0.05) is 36.4 Å². The van der Waals surface area contributed by atoms with Gasteiger partial charge in [-0.15, -0.1) is 11.3 Å². The standard InChI is InChI=1S/C29H30N4O4S/c1-19-30-24-15-22(9-10-27(24)38-19)37-18-21(34)17-31-11-13-32(14-12-31)26-16-28(35)33(29(26)36)25-8-4-6-20-5-2-3-7-23(20)25/h2-10,15,21,26,34H,11-14,16-18H2,1H3/t21-,26?/m1/s1. The maximum atomic E-state index is 13.4. The molecule has 0 bridgehead atoms. The van der Waals surface area contributed by atoms with Crippen molar-refractivity contribution >= 4 is 49.8 Å². The molecule has 2 amide bonds. The number of ether oxygens (including phenoxy) is 1. The van der Waals surface area contributed by atoms with Crippen LogP contribution in [0, 0.1) is 6.92 Å². The maximum absolute atomic E-state index is 13.4. The topological polar surface area (TPSA) is 86.2 Å². The first-order chi connectivity index (χ1) is 18.5. The monoisotopic (exact) mass is 530 g/mol. The first-order valence-electron chi connectivity index (χ1n) is 13.0. The number of aliphatic hydroxyl groups is 1. The molecule has 6 rings (SSSR count). The molecular formula is C29H30N4O4S. The Morgan fingerprint density at radius 2 is 1.84 bits per heavy atom. The van der Waals surface area contributed by atoms with Crippen LogP contribution in [0.25, 0.3) is 21.0 Å². The van der Waals surface area contributed by atoms with Crippen molar-refractivity contribution < 1.29 is 19.4 Å². The Morgan fingerprint density at radius 3 is 2.68 bits per heavy atom. The number of benzene rings is 3. The van der Waals surface area contributed by atoms with Gasteiger partial charge in [-0.05, 0) is 30.5 Å². The number of amides is 2. The number of hydrogen-bond acceptors (Lipinski definition) is 8. The molecule has 0 radical (unpaired) electrons. The SMILES string of the molecule is Cc1nc2cc(OC[C@H](O)CN3CCN(C4CC(=O)N(c5cccc6ccccc56)C4=O)CC3)ccc2s1. The van der Waals surface area contributed by atoms with Gasteiger partial charge in [-0.25, -0.2) is 9.88 Å². The average molecular weight is 531 g/mol. The number of carbonyl (C=O) groups is 2. The molecule has 0 aliphatic carbocycles. The molecule has 0 saturated carbocycles. The van der Waals surface area contributed by atoms with Crippen molar-refractivity contribution in [2.45, 2.75) is 25.5 Å². The van der Waals surface area contributed by atoms with Crippen molar-refractivity contribution in [1.82, 2.24) is 14.8 Å². The van der Waals surface area contributed by atoms with Crippen LogP contribution in [-0.2, 0) is 9.59 Å². The number of hydrogen-bond donors (Lipinski definition) is 1. The molecule has 0 spiro atoms. The van der Waals surface area contributed by atoms with E-state index in [9.17, 15) is 14.7 Å². The second-order valence-corrected chi connectivity index (χ2v) is 11.2. The molecule has 4 aromatic rings. The number of imide groups is 1. The number of anilines is 1. The van der Waals surface area contributed by atoms with E-state index in [1.165, 1.54) is 4.90 Å². The second-order valence-electron chi connectivity index (χ2n) is 9.95. The number of thiazole rings is 1. The first-order valence-corrected chi connectivity index (χ1v) is 13.8. The molecule has 1 unspecified atom stereocenters. The van der Waals surface area contributed by atoms with Crippen LogP contribution in [-0.4, -0.2) is 83.2 Å². The molecule has 3 aromatic carbocycles. The second kappa shape index (κ2) is 10.4. The minimum Gasteiger partial charge on any atom is -0.491 e. The van der Waals surface area contributed by atoms with Gasteiger partial charge in [0.15, 0.2) is 0 Å². The zero-order valence-corrected chi connectivity index (χ0v) is 22.1. The summed E-state index contributed by atoms with van der Waals surface area (Å²) in [6.45, 7) is 5.44. The van der Waals surface area contributed by atoms with E-state index in [0.29, 0.717) is 44.2 Å². The Kier molecular flexibility index (Phi) is 6.84. The van der Waals surface area contributed by atoms with Crippen LogP contribution in [0.3, 0.4) is 0 Å². The average Bonchev–Trinajstić information content (AvgIpc) is 3.44. The summed E-state index contributed by atoms with van der Waals surface area (Å²) in [7, 11) is 0. The largest absolute Gasteiger partial charge is 0.491 e. The zero-order valence-electron chi connectivity index (χ0n) is 21.2. The molecule has 2 fully saturated rings. The van der Waals surface area contributed by atoms with Gasteiger partial charge in [0, 0.05) is 44.2 Å². The van der Waals surface area contributed by atoms with E-state index in [4.69, 9.17) is 4.74 Å². The van der Waals surface area contributed by atoms with Crippen LogP contribution in [0.1, 0.15) is 11.4 Å². The Labute approximate surface area is 225 Å². The predicted molar refractivity (Wildman–Crippen MR) is 149 cm³/mol. The number of aliphatic hydroxyl groups excluding tert-OH is 1. The molecular weight excluding hydrogens is 500 g/mol. The minimum atomic E-state index is -0.633. The summed E-state index contributed by atoms with van der Waals surface area (Å²) in [5, 5.41) is 13.5. The van der Waals surface area contributed by atoms with Crippen LogP contribution in [0.4, 0.5) is 5.69 Å². The van der Waals surface area contributed by atoms with Gasteiger partial charge in [0.05, 0.1) is 33.4 Å². The van der Waals surface area contributed by atoms with Crippen LogP contribution in [0.15, 0.2) is 60.7 Å². The fourth-order valence-electron chi connectivity index (χ4n) is 5.47. The lowest BCUT2D eigenvalue weighted by Gasteiger charge is -2.37. The van der Waals surface area contributed by atoms with Crippen molar-refractivity contribution in [2.75, 3.05) is 44.2 Å². The summed E-state index contributed by atoms with van der Waals surface area (Å²) in [6.07, 6.45) is -0.438. The van der Waals surface area contributed by atoms with Gasteiger partial charge in [-0.2, -0.15) is 0 Å². The summed E-state index contributed by atoms with van der Waals surface area (Å²) < 4.78 is 6.95.